The number of allylic oxidation sites excluding steroid dienone is 8. The van der Waals surface area contributed by atoms with E-state index in [1.807, 2.05) is 0 Å². The van der Waals surface area contributed by atoms with Gasteiger partial charge in [-0.05, 0) is 218 Å². The second-order valence-electron chi connectivity index (χ2n) is 24.2. The lowest BCUT2D eigenvalue weighted by Gasteiger charge is -2.38. The number of anilines is 6. The molecule has 2 bridgehead atoms. The predicted octanol–water partition coefficient (Wildman–Crippen LogP) is 20.5. The van der Waals surface area contributed by atoms with Gasteiger partial charge in [-0.1, -0.05) is 190 Å². The van der Waals surface area contributed by atoms with Crippen LogP contribution in [-0.2, 0) is 10.8 Å². The third-order valence-corrected chi connectivity index (χ3v) is 19.9. The number of fused-ring (bicyclic) bond motifs is 14. The Kier molecular flexibility index (Phi) is 10.7. The van der Waals surface area contributed by atoms with Gasteiger partial charge < -0.3 is 9.80 Å². The smallest absolute Gasteiger partial charge is 0.0743 e. The maximum atomic E-state index is 2.67. The SMILES string of the molecule is CC1(C)c2ccc(N(c3ccccc3)c3cc4c(cc3-c3ccc(C5CC6CCC5C6)cc3)C3=C(C=CCC3)C43c4ccccc4-c4cc(-c5ccccc5)cc(N(c5ccccc5)c5ccccc5)c43)cc2C2=CC=CCC21. The van der Waals surface area contributed by atoms with Gasteiger partial charge in [-0.15, -0.1) is 0 Å². The number of benzene rings is 9. The molecule has 0 saturated heterocycles. The van der Waals surface area contributed by atoms with Crippen molar-refractivity contribution in [2.24, 2.45) is 17.8 Å². The molecule has 2 nitrogen and oxygen atoms in total. The molecule has 0 amide bonds. The van der Waals surface area contributed by atoms with Crippen LogP contribution in [0.2, 0.25) is 0 Å². The molecule has 1 spiro atoms. The molecule has 0 radical (unpaired) electrons. The van der Waals surface area contributed by atoms with Crippen molar-refractivity contribution in [3.8, 4) is 33.4 Å². The van der Waals surface area contributed by atoms with E-state index < -0.39 is 5.41 Å². The summed E-state index contributed by atoms with van der Waals surface area (Å²) >= 11 is 0. The van der Waals surface area contributed by atoms with E-state index in [9.17, 15) is 0 Å². The Morgan fingerprint density at radius 3 is 1.85 bits per heavy atom. The van der Waals surface area contributed by atoms with Gasteiger partial charge in [0.25, 0.3) is 0 Å². The summed E-state index contributed by atoms with van der Waals surface area (Å²) in [7, 11) is 0. The third kappa shape index (κ3) is 7.02. The van der Waals surface area contributed by atoms with Gasteiger partial charge in [0, 0.05) is 33.9 Å². The van der Waals surface area contributed by atoms with Crippen LogP contribution in [0.4, 0.5) is 34.1 Å². The lowest BCUT2D eigenvalue weighted by molar-refractivity contribution is 0.414. The summed E-state index contributed by atoms with van der Waals surface area (Å²) in [5.74, 6) is 2.84. The Hall–Kier alpha value is -8.46. The van der Waals surface area contributed by atoms with E-state index >= 15 is 0 Å². The van der Waals surface area contributed by atoms with Crippen molar-refractivity contribution < 1.29 is 0 Å². The van der Waals surface area contributed by atoms with Gasteiger partial charge in [-0.2, -0.15) is 0 Å². The summed E-state index contributed by atoms with van der Waals surface area (Å²) in [6, 6.07) is 81.5. The first-order chi connectivity index (χ1) is 38.9. The molecule has 9 aromatic carbocycles. The van der Waals surface area contributed by atoms with Crippen LogP contribution in [0.5, 0.6) is 0 Å². The zero-order chi connectivity index (χ0) is 52.4. The van der Waals surface area contributed by atoms with Crippen LogP contribution in [0.3, 0.4) is 0 Å². The second-order valence-corrected chi connectivity index (χ2v) is 24.2. The molecular weight excluding hydrogens is 953 g/mol. The molecular formula is C77H64N2. The first-order valence-electron chi connectivity index (χ1n) is 29.2. The Labute approximate surface area is 466 Å². The molecule has 2 saturated carbocycles. The molecule has 16 rings (SSSR count). The molecule has 79 heavy (non-hydrogen) atoms. The fourth-order valence-electron chi connectivity index (χ4n) is 16.3. The van der Waals surface area contributed by atoms with Gasteiger partial charge in [-0.25, -0.2) is 0 Å². The quantitative estimate of drug-likeness (QED) is 0.142. The van der Waals surface area contributed by atoms with Crippen LogP contribution < -0.4 is 9.80 Å². The number of hydrogen-bond acceptors (Lipinski definition) is 2. The molecule has 2 heteroatoms. The summed E-state index contributed by atoms with van der Waals surface area (Å²) in [6.45, 7) is 4.91. The average molecular weight is 1020 g/mol. The normalized spacial score (nSPS) is 22.0. The highest BCUT2D eigenvalue weighted by Crippen LogP contribution is 2.68. The van der Waals surface area contributed by atoms with E-state index in [0.717, 1.165) is 48.2 Å². The van der Waals surface area contributed by atoms with E-state index in [2.05, 4.69) is 266 Å². The van der Waals surface area contributed by atoms with E-state index in [0.29, 0.717) is 11.8 Å². The Morgan fingerprint density at radius 1 is 0.468 bits per heavy atom. The standard InChI is InChI=1S/C77H64N2/c1-76(2)68-32-18-15-29-60(68)65-47-59(41-42-69(65)76)79(58-27-13-6-14-28-58)73-49-72-66(48-64(73)53-39-37-52(38-40-53)63-44-50-35-36-54(63)43-50)61-30-16-19-33-70(61)77(72)71-34-20-17-31-62(71)67-45-55(51-21-7-3-8-22-51)46-74(75(67)77)78(56-23-9-4-10-24-56)57-25-11-5-12-26-57/h3-15,17-29,31,33-34,37-42,45-50,54,63,68H,16,30,32,35-36,43-44H2,1-2H3. The topological polar surface area (TPSA) is 6.48 Å². The summed E-state index contributed by atoms with van der Waals surface area (Å²) in [5, 5.41) is 0. The van der Waals surface area contributed by atoms with Crippen LogP contribution in [0.15, 0.2) is 248 Å². The van der Waals surface area contributed by atoms with E-state index in [1.165, 1.54) is 132 Å². The minimum Gasteiger partial charge on any atom is -0.310 e. The maximum absolute atomic E-state index is 2.67. The van der Waals surface area contributed by atoms with Gasteiger partial charge in [0.15, 0.2) is 0 Å². The molecule has 2 fully saturated rings. The fourth-order valence-corrected chi connectivity index (χ4v) is 16.3. The Balaban J connectivity index is 1.01. The first-order valence-corrected chi connectivity index (χ1v) is 29.2. The van der Waals surface area contributed by atoms with Crippen molar-refractivity contribution in [2.75, 3.05) is 9.80 Å². The molecule has 382 valence electrons. The number of nitrogens with zero attached hydrogens (tertiary/aromatic N) is 2. The average Bonchev–Trinajstić information content (AvgIpc) is 2.22. The largest absolute Gasteiger partial charge is 0.310 e. The van der Waals surface area contributed by atoms with Crippen LogP contribution in [0, 0.1) is 17.8 Å². The lowest BCUT2D eigenvalue weighted by Crippen LogP contribution is -2.29. The molecule has 0 heterocycles. The predicted molar refractivity (Wildman–Crippen MR) is 330 cm³/mol. The van der Waals surface area contributed by atoms with Crippen LogP contribution >= 0.6 is 0 Å². The molecule has 5 unspecified atom stereocenters. The van der Waals surface area contributed by atoms with Gasteiger partial charge in [0.2, 0.25) is 0 Å². The zero-order valence-electron chi connectivity index (χ0n) is 45.2. The highest BCUT2D eigenvalue weighted by Gasteiger charge is 2.55. The highest BCUT2D eigenvalue weighted by atomic mass is 15.2. The molecule has 0 aliphatic heterocycles. The molecule has 7 aliphatic carbocycles. The van der Waals surface area contributed by atoms with Crippen molar-refractivity contribution in [2.45, 2.75) is 75.5 Å². The zero-order valence-corrected chi connectivity index (χ0v) is 45.2. The number of para-hydroxylation sites is 3. The van der Waals surface area contributed by atoms with E-state index in [1.54, 1.807) is 0 Å². The summed E-state index contributed by atoms with van der Waals surface area (Å²) in [5.41, 5.74) is 28.0. The van der Waals surface area contributed by atoms with Crippen molar-refractivity contribution in [3.05, 3.63) is 287 Å². The minimum atomic E-state index is -0.657. The van der Waals surface area contributed by atoms with Crippen molar-refractivity contribution in [3.63, 3.8) is 0 Å². The number of hydrogen-bond donors (Lipinski definition) is 0. The Morgan fingerprint density at radius 2 is 1.15 bits per heavy atom. The van der Waals surface area contributed by atoms with Crippen LogP contribution in [-0.4, -0.2) is 0 Å². The van der Waals surface area contributed by atoms with Crippen molar-refractivity contribution >= 4 is 45.3 Å². The number of rotatable bonds is 9. The molecule has 0 aromatic heterocycles. The first kappa shape index (κ1) is 46.6. The second kappa shape index (κ2) is 18.0. The van der Waals surface area contributed by atoms with Crippen LogP contribution in [0.1, 0.15) is 104 Å². The molecule has 5 atom stereocenters. The van der Waals surface area contributed by atoms with Gasteiger partial charge >= 0.3 is 0 Å². The van der Waals surface area contributed by atoms with Gasteiger partial charge in [0.1, 0.15) is 0 Å². The maximum Gasteiger partial charge on any atom is 0.0743 e. The van der Waals surface area contributed by atoms with Crippen LogP contribution in [0.25, 0.3) is 44.5 Å². The highest BCUT2D eigenvalue weighted by molar-refractivity contribution is 6.04. The minimum absolute atomic E-state index is 0.0285. The molecule has 9 aromatic rings. The van der Waals surface area contributed by atoms with Crippen molar-refractivity contribution in [1.82, 2.24) is 0 Å². The molecule has 0 N–H and O–H groups in total. The monoisotopic (exact) mass is 1020 g/mol. The summed E-state index contributed by atoms with van der Waals surface area (Å²) in [4.78, 5) is 5.16. The van der Waals surface area contributed by atoms with Crippen molar-refractivity contribution in [1.29, 1.82) is 0 Å². The molecule has 7 aliphatic rings. The Bertz CT molecular complexity index is 3990. The summed E-state index contributed by atoms with van der Waals surface area (Å²) < 4.78 is 0. The van der Waals surface area contributed by atoms with Gasteiger partial charge in [-0.3, -0.25) is 0 Å². The fraction of sp³-hybridized carbons (Fsp3) is 0.195. The third-order valence-electron chi connectivity index (χ3n) is 19.9. The van der Waals surface area contributed by atoms with E-state index in [4.69, 9.17) is 0 Å². The van der Waals surface area contributed by atoms with Gasteiger partial charge in [0.05, 0.1) is 16.8 Å². The summed E-state index contributed by atoms with van der Waals surface area (Å²) in [6.07, 6.45) is 20.6. The lowest BCUT2D eigenvalue weighted by atomic mass is 9.68. The van der Waals surface area contributed by atoms with E-state index in [-0.39, 0.29) is 5.41 Å².